The van der Waals surface area contributed by atoms with Crippen LogP contribution in [0, 0.1) is 0 Å². The first-order chi connectivity index (χ1) is 5.83. The fourth-order valence-electron chi connectivity index (χ4n) is 0.707. The standard InChI is InChI=1S/C9H9NO2/c1-12-9(11)5-4-8-3-2-6-10-7-8/h2-7H,1H3/b5-4-. The first kappa shape index (κ1) is 8.46. The molecule has 0 bridgehead atoms. The smallest absolute Gasteiger partial charge is 0.330 e. The third-order valence-electron chi connectivity index (χ3n) is 1.30. The average Bonchev–Trinajstić information content (AvgIpc) is 2.16. The van der Waals surface area contributed by atoms with Crippen molar-refractivity contribution >= 4 is 12.0 Å². The third-order valence-corrected chi connectivity index (χ3v) is 1.30. The number of nitrogens with zero attached hydrogens (tertiary/aromatic N) is 1. The molecule has 0 fully saturated rings. The number of carbonyl (C=O) groups excluding carboxylic acids is 1. The van der Waals surface area contributed by atoms with E-state index >= 15 is 0 Å². The second-order valence-electron chi connectivity index (χ2n) is 2.14. The number of esters is 1. The minimum absolute atomic E-state index is 0.362. The monoisotopic (exact) mass is 163 g/mol. The van der Waals surface area contributed by atoms with Crippen LogP contribution in [0.5, 0.6) is 0 Å². The zero-order valence-corrected chi connectivity index (χ0v) is 6.73. The average molecular weight is 163 g/mol. The number of methoxy groups -OCH3 is 1. The Morgan fingerprint density at radius 2 is 2.50 bits per heavy atom. The highest BCUT2D eigenvalue weighted by atomic mass is 16.5. The van der Waals surface area contributed by atoms with E-state index in [9.17, 15) is 4.79 Å². The predicted octanol–water partition coefficient (Wildman–Crippen LogP) is 1.27. The fraction of sp³-hybridized carbons (Fsp3) is 0.111. The minimum Gasteiger partial charge on any atom is -0.466 e. The molecular formula is C9H9NO2. The minimum atomic E-state index is -0.362. The van der Waals surface area contributed by atoms with Gasteiger partial charge in [-0.2, -0.15) is 0 Å². The summed E-state index contributed by atoms with van der Waals surface area (Å²) in [5.74, 6) is -0.362. The lowest BCUT2D eigenvalue weighted by molar-refractivity contribution is -0.134. The van der Waals surface area contributed by atoms with Crippen LogP contribution in [0.25, 0.3) is 6.08 Å². The van der Waals surface area contributed by atoms with Crippen LogP contribution < -0.4 is 0 Å². The number of hydrogen-bond donors (Lipinski definition) is 0. The second kappa shape index (κ2) is 4.28. The Morgan fingerprint density at radius 3 is 3.08 bits per heavy atom. The molecule has 1 rings (SSSR count). The second-order valence-corrected chi connectivity index (χ2v) is 2.14. The zero-order chi connectivity index (χ0) is 8.81. The van der Waals surface area contributed by atoms with Crippen molar-refractivity contribution in [1.29, 1.82) is 0 Å². The van der Waals surface area contributed by atoms with Gasteiger partial charge in [-0.25, -0.2) is 4.79 Å². The van der Waals surface area contributed by atoms with Gasteiger partial charge in [0, 0.05) is 18.5 Å². The van der Waals surface area contributed by atoms with Crippen LogP contribution >= 0.6 is 0 Å². The molecule has 0 N–H and O–H groups in total. The predicted molar refractivity (Wildman–Crippen MR) is 45.3 cm³/mol. The van der Waals surface area contributed by atoms with E-state index in [1.807, 2.05) is 6.07 Å². The highest BCUT2D eigenvalue weighted by Crippen LogP contribution is 1.98. The maximum Gasteiger partial charge on any atom is 0.330 e. The lowest BCUT2D eigenvalue weighted by atomic mass is 10.3. The van der Waals surface area contributed by atoms with Gasteiger partial charge in [-0.1, -0.05) is 6.07 Å². The lowest BCUT2D eigenvalue weighted by Gasteiger charge is -1.90. The highest BCUT2D eigenvalue weighted by molar-refractivity contribution is 5.86. The zero-order valence-electron chi connectivity index (χ0n) is 6.73. The van der Waals surface area contributed by atoms with E-state index in [-0.39, 0.29) is 5.97 Å². The van der Waals surface area contributed by atoms with E-state index in [2.05, 4.69) is 9.72 Å². The third kappa shape index (κ3) is 2.54. The normalized spacial score (nSPS) is 10.1. The summed E-state index contributed by atoms with van der Waals surface area (Å²) in [7, 11) is 1.34. The summed E-state index contributed by atoms with van der Waals surface area (Å²) in [4.78, 5) is 14.5. The van der Waals surface area contributed by atoms with Gasteiger partial charge in [0.15, 0.2) is 0 Å². The number of rotatable bonds is 2. The number of hydrogen-bond acceptors (Lipinski definition) is 3. The summed E-state index contributed by atoms with van der Waals surface area (Å²) in [6.45, 7) is 0. The van der Waals surface area contributed by atoms with Crippen molar-refractivity contribution in [2.75, 3.05) is 7.11 Å². The van der Waals surface area contributed by atoms with Crippen molar-refractivity contribution in [2.24, 2.45) is 0 Å². The molecule has 1 heterocycles. The van der Waals surface area contributed by atoms with Crippen molar-refractivity contribution in [3.8, 4) is 0 Å². The topological polar surface area (TPSA) is 39.2 Å². The molecule has 3 nitrogen and oxygen atoms in total. The Labute approximate surface area is 70.7 Å². The Morgan fingerprint density at radius 1 is 1.67 bits per heavy atom. The molecule has 3 heteroatoms. The SMILES string of the molecule is COC(=O)/C=C\c1cccnc1. The van der Waals surface area contributed by atoms with Crippen molar-refractivity contribution in [2.45, 2.75) is 0 Å². The van der Waals surface area contributed by atoms with Gasteiger partial charge in [-0.15, -0.1) is 0 Å². The first-order valence-corrected chi connectivity index (χ1v) is 3.49. The highest BCUT2D eigenvalue weighted by Gasteiger charge is 1.90. The molecule has 0 saturated carbocycles. The van der Waals surface area contributed by atoms with Gasteiger partial charge in [0.05, 0.1) is 7.11 Å². The van der Waals surface area contributed by atoms with E-state index in [1.54, 1.807) is 24.5 Å². The van der Waals surface area contributed by atoms with Gasteiger partial charge in [-0.05, 0) is 17.7 Å². The van der Waals surface area contributed by atoms with Crippen molar-refractivity contribution in [3.63, 3.8) is 0 Å². The molecule has 0 radical (unpaired) electrons. The molecule has 0 aliphatic carbocycles. The molecule has 0 aliphatic heterocycles. The van der Waals surface area contributed by atoms with Crippen molar-refractivity contribution in [1.82, 2.24) is 4.98 Å². The number of ether oxygens (including phenoxy) is 1. The Balaban J connectivity index is 2.64. The van der Waals surface area contributed by atoms with E-state index in [0.29, 0.717) is 0 Å². The summed E-state index contributed by atoms with van der Waals surface area (Å²) >= 11 is 0. The summed E-state index contributed by atoms with van der Waals surface area (Å²) in [6.07, 6.45) is 6.35. The van der Waals surface area contributed by atoms with Gasteiger partial charge in [-0.3, -0.25) is 4.98 Å². The molecule has 0 aromatic carbocycles. The summed E-state index contributed by atoms with van der Waals surface area (Å²) < 4.78 is 4.43. The van der Waals surface area contributed by atoms with Crippen LogP contribution in [0.1, 0.15) is 5.56 Å². The molecule has 0 atom stereocenters. The molecular weight excluding hydrogens is 154 g/mol. The fourth-order valence-corrected chi connectivity index (χ4v) is 0.707. The van der Waals surface area contributed by atoms with Gasteiger partial charge in [0.2, 0.25) is 0 Å². The molecule has 0 amide bonds. The van der Waals surface area contributed by atoms with Crippen LogP contribution in [-0.2, 0) is 9.53 Å². The molecule has 1 aromatic rings. The summed E-state index contributed by atoms with van der Waals surface area (Å²) in [5.41, 5.74) is 0.878. The largest absolute Gasteiger partial charge is 0.466 e. The molecule has 0 aliphatic rings. The quantitative estimate of drug-likeness (QED) is 0.486. The molecule has 1 aromatic heterocycles. The first-order valence-electron chi connectivity index (χ1n) is 3.49. The van der Waals surface area contributed by atoms with Crippen LogP contribution in [-0.4, -0.2) is 18.1 Å². The Bertz CT molecular complexity index is 280. The number of aromatic nitrogens is 1. The van der Waals surface area contributed by atoms with E-state index < -0.39 is 0 Å². The van der Waals surface area contributed by atoms with E-state index in [4.69, 9.17) is 0 Å². The van der Waals surface area contributed by atoms with Crippen LogP contribution in [0.15, 0.2) is 30.6 Å². The lowest BCUT2D eigenvalue weighted by Crippen LogP contribution is -1.93. The van der Waals surface area contributed by atoms with Crippen LogP contribution in [0.4, 0.5) is 0 Å². The van der Waals surface area contributed by atoms with E-state index in [0.717, 1.165) is 5.56 Å². The molecule has 0 unspecified atom stereocenters. The Hall–Kier alpha value is -1.64. The maximum atomic E-state index is 10.7. The molecule has 0 spiro atoms. The van der Waals surface area contributed by atoms with Gasteiger partial charge < -0.3 is 4.74 Å². The Kier molecular flexibility index (Phi) is 3.02. The van der Waals surface area contributed by atoms with E-state index in [1.165, 1.54) is 13.2 Å². The number of carbonyl (C=O) groups is 1. The van der Waals surface area contributed by atoms with Crippen molar-refractivity contribution < 1.29 is 9.53 Å². The molecule has 62 valence electrons. The van der Waals surface area contributed by atoms with Crippen molar-refractivity contribution in [3.05, 3.63) is 36.2 Å². The number of pyridine rings is 1. The van der Waals surface area contributed by atoms with Crippen LogP contribution in [0.3, 0.4) is 0 Å². The van der Waals surface area contributed by atoms with Crippen LogP contribution in [0.2, 0.25) is 0 Å². The summed E-state index contributed by atoms with van der Waals surface area (Å²) in [5, 5.41) is 0. The van der Waals surface area contributed by atoms with Gasteiger partial charge in [0.1, 0.15) is 0 Å². The van der Waals surface area contributed by atoms with Gasteiger partial charge in [0.25, 0.3) is 0 Å². The summed E-state index contributed by atoms with van der Waals surface area (Å²) in [6, 6.07) is 3.66. The van der Waals surface area contributed by atoms with Gasteiger partial charge >= 0.3 is 5.97 Å². The maximum absolute atomic E-state index is 10.7. The molecule has 0 saturated heterocycles. The molecule has 12 heavy (non-hydrogen) atoms.